The Kier molecular flexibility index (Phi) is 4.79. The fourth-order valence-electron chi connectivity index (χ4n) is 3.23. The minimum absolute atomic E-state index is 0.0535. The van der Waals surface area contributed by atoms with Crippen LogP contribution in [0.5, 0.6) is 5.75 Å². The Balaban J connectivity index is 1.41. The molecule has 4 rings (SSSR count). The summed E-state index contributed by atoms with van der Waals surface area (Å²) in [5.74, 6) is -2.36. The number of aromatic nitrogens is 1. The van der Waals surface area contributed by atoms with Gasteiger partial charge in [-0.05, 0) is 25.0 Å². The van der Waals surface area contributed by atoms with E-state index < -0.39 is 17.5 Å². The molecule has 2 fully saturated rings. The Morgan fingerprint density at radius 2 is 2.04 bits per heavy atom. The van der Waals surface area contributed by atoms with Crippen molar-refractivity contribution in [2.24, 2.45) is 0 Å². The van der Waals surface area contributed by atoms with E-state index in [4.69, 9.17) is 0 Å². The number of thiazole rings is 1. The van der Waals surface area contributed by atoms with Crippen LogP contribution in [0.3, 0.4) is 0 Å². The zero-order valence-corrected chi connectivity index (χ0v) is 15.3. The Morgan fingerprint density at radius 3 is 2.70 bits per heavy atom. The van der Waals surface area contributed by atoms with Gasteiger partial charge in [-0.1, -0.05) is 11.3 Å². The summed E-state index contributed by atoms with van der Waals surface area (Å²) in [7, 11) is 0. The number of rotatable bonds is 5. The van der Waals surface area contributed by atoms with Gasteiger partial charge < -0.3 is 10.0 Å². The second kappa shape index (κ2) is 7.24. The molecule has 1 aliphatic carbocycles. The molecule has 0 spiro atoms. The molecule has 2 heterocycles. The van der Waals surface area contributed by atoms with Crippen molar-refractivity contribution in [1.82, 2.24) is 9.88 Å². The van der Waals surface area contributed by atoms with Gasteiger partial charge in [-0.25, -0.2) is 9.37 Å². The van der Waals surface area contributed by atoms with Crippen molar-refractivity contribution < 1.29 is 19.1 Å². The van der Waals surface area contributed by atoms with Crippen molar-refractivity contribution in [3.8, 4) is 5.75 Å². The predicted octanol–water partition coefficient (Wildman–Crippen LogP) is 2.34. The molecule has 1 aromatic carbocycles. The summed E-state index contributed by atoms with van der Waals surface area (Å²) in [6, 6.07) is 2.81. The molecular formula is C18H19FN4O3S. The summed E-state index contributed by atoms with van der Waals surface area (Å²) in [4.78, 5) is 32.2. The summed E-state index contributed by atoms with van der Waals surface area (Å²) >= 11 is 1.36. The topological polar surface area (TPSA) is 85.8 Å². The maximum absolute atomic E-state index is 13.7. The Labute approximate surface area is 159 Å². The van der Waals surface area contributed by atoms with Gasteiger partial charge in [0.2, 0.25) is 0 Å². The monoisotopic (exact) mass is 390 g/mol. The third-order valence-corrected chi connectivity index (χ3v) is 5.86. The normalized spacial score (nSPS) is 17.7. The van der Waals surface area contributed by atoms with E-state index in [-0.39, 0.29) is 11.1 Å². The molecule has 0 bridgehead atoms. The van der Waals surface area contributed by atoms with E-state index in [1.54, 1.807) is 6.20 Å². The quantitative estimate of drug-likeness (QED) is 0.763. The highest BCUT2D eigenvalue weighted by atomic mass is 32.1. The number of aldehydes is 1. The maximum atomic E-state index is 13.7. The van der Waals surface area contributed by atoms with E-state index in [0.717, 1.165) is 49.4 Å². The summed E-state index contributed by atoms with van der Waals surface area (Å²) in [6.07, 6.45) is 4.64. The highest BCUT2D eigenvalue weighted by Gasteiger charge is 2.31. The highest BCUT2D eigenvalue weighted by Crippen LogP contribution is 2.31. The van der Waals surface area contributed by atoms with E-state index in [9.17, 15) is 19.1 Å². The van der Waals surface area contributed by atoms with Gasteiger partial charge in [-0.2, -0.15) is 0 Å². The molecular weight excluding hydrogens is 371 g/mol. The number of halogens is 1. The average Bonchev–Trinajstić information content (AvgIpc) is 3.43. The lowest BCUT2D eigenvalue weighted by Gasteiger charge is -2.35. The minimum Gasteiger partial charge on any atom is -0.504 e. The van der Waals surface area contributed by atoms with E-state index in [1.807, 2.05) is 0 Å². The number of piperazine rings is 1. The summed E-state index contributed by atoms with van der Waals surface area (Å²) < 4.78 is 13.7. The molecule has 0 unspecified atom stereocenters. The molecule has 7 nitrogen and oxygen atoms in total. The second-order valence-corrected chi connectivity index (χ2v) is 7.73. The molecule has 1 saturated heterocycles. The molecule has 1 aliphatic heterocycles. The lowest BCUT2D eigenvalue weighted by Crippen LogP contribution is -2.47. The first-order valence-corrected chi connectivity index (χ1v) is 9.60. The summed E-state index contributed by atoms with van der Waals surface area (Å²) in [6.45, 7) is 3.92. The van der Waals surface area contributed by atoms with Crippen molar-refractivity contribution in [1.29, 1.82) is 0 Å². The lowest BCUT2D eigenvalue weighted by molar-refractivity contribution is 0.102. The number of nitrogens with zero attached hydrogens (tertiary/aromatic N) is 3. The number of carbonyl (C=O) groups excluding carboxylic acids is 2. The van der Waals surface area contributed by atoms with Gasteiger partial charge in [0.25, 0.3) is 5.91 Å². The fraction of sp³-hybridized carbons (Fsp3) is 0.389. The lowest BCUT2D eigenvalue weighted by atomic mass is 10.1. The molecule has 142 valence electrons. The molecule has 1 aromatic heterocycles. The van der Waals surface area contributed by atoms with Gasteiger partial charge >= 0.3 is 0 Å². The number of anilines is 2. The van der Waals surface area contributed by atoms with Crippen molar-refractivity contribution in [3.63, 3.8) is 0 Å². The third-order valence-electron chi connectivity index (χ3n) is 4.89. The first-order valence-electron chi connectivity index (χ1n) is 8.79. The standard InChI is InChI=1S/C18H19FN4O3S/c19-14-8-11(7-12(10-24)16(14)25)17(26)21-18-20-9-15(27-18)23-5-3-22(4-6-23)13-1-2-13/h7-10,13,25H,1-6H2,(H,20,21,26). The van der Waals surface area contributed by atoms with Gasteiger partial charge in [0.15, 0.2) is 23.0 Å². The highest BCUT2D eigenvalue weighted by molar-refractivity contribution is 7.19. The number of nitrogens with one attached hydrogen (secondary N) is 1. The molecule has 0 radical (unpaired) electrons. The number of phenols is 1. The van der Waals surface area contributed by atoms with E-state index in [1.165, 1.54) is 24.2 Å². The van der Waals surface area contributed by atoms with Crippen molar-refractivity contribution in [3.05, 3.63) is 35.3 Å². The van der Waals surface area contributed by atoms with Gasteiger partial charge in [0.05, 0.1) is 11.8 Å². The van der Waals surface area contributed by atoms with Crippen LogP contribution in [0.25, 0.3) is 0 Å². The Hall–Kier alpha value is -2.52. The number of hydrogen-bond donors (Lipinski definition) is 2. The largest absolute Gasteiger partial charge is 0.504 e. The van der Waals surface area contributed by atoms with E-state index >= 15 is 0 Å². The second-order valence-electron chi connectivity index (χ2n) is 6.73. The van der Waals surface area contributed by atoms with Gasteiger partial charge in [-0.3, -0.25) is 19.8 Å². The van der Waals surface area contributed by atoms with Crippen LogP contribution < -0.4 is 10.2 Å². The number of benzene rings is 1. The first kappa shape index (κ1) is 17.9. The van der Waals surface area contributed by atoms with Crippen LogP contribution in [-0.2, 0) is 0 Å². The number of phenolic OH excluding ortho intramolecular Hbond substituents is 1. The molecule has 2 N–H and O–H groups in total. The van der Waals surface area contributed by atoms with Crippen LogP contribution in [0, 0.1) is 5.82 Å². The average molecular weight is 390 g/mol. The number of amides is 1. The van der Waals surface area contributed by atoms with Crippen LogP contribution in [0.2, 0.25) is 0 Å². The van der Waals surface area contributed by atoms with Crippen molar-refractivity contribution in [2.75, 3.05) is 36.4 Å². The van der Waals surface area contributed by atoms with Gasteiger partial charge in [0, 0.05) is 37.8 Å². The maximum Gasteiger partial charge on any atom is 0.257 e. The van der Waals surface area contributed by atoms with Crippen molar-refractivity contribution >= 4 is 33.7 Å². The smallest absolute Gasteiger partial charge is 0.257 e. The predicted molar refractivity (Wildman–Crippen MR) is 100 cm³/mol. The zero-order valence-electron chi connectivity index (χ0n) is 14.5. The Bertz CT molecular complexity index is 875. The molecule has 9 heteroatoms. The van der Waals surface area contributed by atoms with Gasteiger partial charge in [-0.15, -0.1) is 0 Å². The van der Waals surface area contributed by atoms with Crippen LogP contribution in [0.1, 0.15) is 33.6 Å². The minimum atomic E-state index is -1.02. The van der Waals surface area contributed by atoms with Crippen LogP contribution in [0.15, 0.2) is 18.3 Å². The van der Waals surface area contributed by atoms with Gasteiger partial charge in [0.1, 0.15) is 5.00 Å². The summed E-state index contributed by atoms with van der Waals surface area (Å²) in [5.41, 5.74) is -0.323. The molecule has 2 aliphatic rings. The van der Waals surface area contributed by atoms with Crippen molar-refractivity contribution in [2.45, 2.75) is 18.9 Å². The third kappa shape index (κ3) is 3.79. The number of hydrogen-bond acceptors (Lipinski definition) is 7. The van der Waals surface area contributed by atoms with Crippen LogP contribution in [0.4, 0.5) is 14.5 Å². The molecule has 27 heavy (non-hydrogen) atoms. The van der Waals surface area contributed by atoms with E-state index in [2.05, 4.69) is 20.1 Å². The van der Waals surface area contributed by atoms with Crippen LogP contribution >= 0.6 is 11.3 Å². The number of carbonyl (C=O) groups is 2. The fourth-order valence-corrected chi connectivity index (χ4v) is 4.09. The molecule has 0 atom stereocenters. The molecule has 2 aromatic rings. The van der Waals surface area contributed by atoms with Crippen LogP contribution in [-0.4, -0.2) is 59.4 Å². The first-order chi connectivity index (χ1) is 13.0. The molecule has 1 amide bonds. The zero-order chi connectivity index (χ0) is 19.0. The summed E-state index contributed by atoms with van der Waals surface area (Å²) in [5, 5.41) is 13.4. The SMILES string of the molecule is O=Cc1cc(C(=O)Nc2ncc(N3CCN(C4CC4)CC3)s2)cc(F)c1O. The Morgan fingerprint density at radius 1 is 1.30 bits per heavy atom. The van der Waals surface area contributed by atoms with E-state index in [0.29, 0.717) is 11.4 Å². The number of aromatic hydroxyl groups is 1. The molecule has 1 saturated carbocycles.